The second-order valence-corrected chi connectivity index (χ2v) is 6.48. The highest BCUT2D eigenvalue weighted by atomic mass is 19.1. The molecule has 0 bridgehead atoms. The van der Waals surface area contributed by atoms with E-state index >= 15 is 0 Å². The minimum Gasteiger partial charge on any atom is -0.390 e. The molecule has 0 fully saturated rings. The molecule has 0 radical (unpaired) electrons. The zero-order chi connectivity index (χ0) is 18.0. The van der Waals surface area contributed by atoms with Crippen LogP contribution in [0.5, 0.6) is 0 Å². The van der Waals surface area contributed by atoms with E-state index in [9.17, 15) is 13.9 Å². The lowest BCUT2D eigenvalue weighted by atomic mass is 10.1. The van der Waals surface area contributed by atoms with Gasteiger partial charge in [0.2, 0.25) is 0 Å². The van der Waals surface area contributed by atoms with E-state index in [4.69, 9.17) is 0 Å². The third-order valence-electron chi connectivity index (χ3n) is 4.64. The van der Waals surface area contributed by atoms with Gasteiger partial charge in [0.15, 0.2) is 0 Å². The van der Waals surface area contributed by atoms with Gasteiger partial charge in [-0.3, -0.25) is 0 Å². The Morgan fingerprint density at radius 3 is 2.04 bits per heavy atom. The van der Waals surface area contributed by atoms with Gasteiger partial charge in [-0.15, -0.1) is 0 Å². The Hall–Kier alpha value is -1.98. The Bertz CT molecular complexity index is 816. The molecule has 0 aliphatic heterocycles. The van der Waals surface area contributed by atoms with Crippen LogP contribution in [-0.2, 0) is 6.54 Å². The van der Waals surface area contributed by atoms with Crippen LogP contribution in [0.4, 0.5) is 8.78 Å². The quantitative estimate of drug-likeness (QED) is 0.696. The van der Waals surface area contributed by atoms with E-state index < -0.39 is 6.10 Å². The molecule has 1 heterocycles. The number of aliphatic hydroxyl groups is 1. The third kappa shape index (κ3) is 3.67. The minimum absolute atomic E-state index is 0.299. The van der Waals surface area contributed by atoms with Crippen molar-refractivity contribution in [2.45, 2.75) is 32.9 Å². The first-order valence-electron chi connectivity index (χ1n) is 8.81. The summed E-state index contributed by atoms with van der Waals surface area (Å²) in [7, 11) is 0. The maximum absolute atomic E-state index is 13.8. The summed E-state index contributed by atoms with van der Waals surface area (Å²) in [6.07, 6.45) is 0.406. The van der Waals surface area contributed by atoms with Crippen molar-refractivity contribution in [3.63, 3.8) is 0 Å². The largest absolute Gasteiger partial charge is 0.390 e. The topological polar surface area (TPSA) is 28.4 Å². The first-order chi connectivity index (χ1) is 12.0. The molecule has 5 heteroatoms. The smallest absolute Gasteiger partial charge is 0.125 e. The molecule has 3 rings (SSSR count). The molecule has 1 N–H and O–H groups in total. The average molecular weight is 346 g/mol. The number of halogens is 2. The van der Waals surface area contributed by atoms with E-state index in [-0.39, 0.29) is 11.6 Å². The predicted octanol–water partition coefficient (Wildman–Crippen LogP) is 4.17. The van der Waals surface area contributed by atoms with E-state index in [1.807, 2.05) is 4.57 Å². The molecular weight excluding hydrogens is 322 g/mol. The zero-order valence-corrected chi connectivity index (χ0v) is 14.7. The van der Waals surface area contributed by atoms with Crippen LogP contribution in [0.2, 0.25) is 0 Å². The SMILES string of the molecule is CCCN(CC)CC(O)Cn1c2cc(F)ccc2c2ccc(F)cc21. The summed E-state index contributed by atoms with van der Waals surface area (Å²) in [6.45, 7) is 6.79. The van der Waals surface area contributed by atoms with Crippen LogP contribution in [0.25, 0.3) is 21.8 Å². The van der Waals surface area contributed by atoms with Crippen LogP contribution in [0.15, 0.2) is 36.4 Å². The molecular formula is C20H24F2N2O. The van der Waals surface area contributed by atoms with Gasteiger partial charge in [-0.1, -0.05) is 13.8 Å². The van der Waals surface area contributed by atoms with Crippen molar-refractivity contribution < 1.29 is 13.9 Å². The normalized spacial score (nSPS) is 13.2. The van der Waals surface area contributed by atoms with Crippen molar-refractivity contribution in [1.82, 2.24) is 9.47 Å². The highest BCUT2D eigenvalue weighted by molar-refractivity contribution is 6.08. The third-order valence-corrected chi connectivity index (χ3v) is 4.64. The lowest BCUT2D eigenvalue weighted by molar-refractivity contribution is 0.102. The van der Waals surface area contributed by atoms with Gasteiger partial charge in [-0.05, 0) is 55.9 Å². The fraction of sp³-hybridized carbons (Fsp3) is 0.400. The summed E-state index contributed by atoms with van der Waals surface area (Å²) in [4.78, 5) is 2.18. The number of rotatable bonds is 7. The fourth-order valence-electron chi connectivity index (χ4n) is 3.50. The van der Waals surface area contributed by atoms with Crippen LogP contribution in [0.3, 0.4) is 0 Å². The second kappa shape index (κ2) is 7.50. The van der Waals surface area contributed by atoms with Crippen LogP contribution in [-0.4, -0.2) is 40.3 Å². The number of aliphatic hydroxyl groups excluding tert-OH is 1. The van der Waals surface area contributed by atoms with Crippen LogP contribution < -0.4 is 0 Å². The predicted molar refractivity (Wildman–Crippen MR) is 97.8 cm³/mol. The highest BCUT2D eigenvalue weighted by Gasteiger charge is 2.16. The Morgan fingerprint density at radius 1 is 1.00 bits per heavy atom. The number of hydrogen-bond donors (Lipinski definition) is 1. The monoisotopic (exact) mass is 346 g/mol. The zero-order valence-electron chi connectivity index (χ0n) is 14.7. The van der Waals surface area contributed by atoms with Crippen LogP contribution in [0, 0.1) is 11.6 Å². The van der Waals surface area contributed by atoms with E-state index in [1.165, 1.54) is 24.3 Å². The number of aromatic nitrogens is 1. The molecule has 0 aliphatic carbocycles. The highest BCUT2D eigenvalue weighted by Crippen LogP contribution is 2.30. The Morgan fingerprint density at radius 2 is 1.56 bits per heavy atom. The maximum Gasteiger partial charge on any atom is 0.125 e. The maximum atomic E-state index is 13.8. The first-order valence-corrected chi connectivity index (χ1v) is 8.81. The molecule has 0 spiro atoms. The molecule has 0 saturated heterocycles. The van der Waals surface area contributed by atoms with Crippen molar-refractivity contribution in [3.05, 3.63) is 48.0 Å². The Kier molecular flexibility index (Phi) is 5.35. The molecule has 0 saturated carbocycles. The Balaban J connectivity index is 2.01. The molecule has 1 unspecified atom stereocenters. The summed E-state index contributed by atoms with van der Waals surface area (Å²) in [5, 5.41) is 12.3. The van der Waals surface area contributed by atoms with Gasteiger partial charge in [0.05, 0.1) is 23.7 Å². The Labute approximate surface area is 146 Å². The van der Waals surface area contributed by atoms with Crippen molar-refractivity contribution in [3.8, 4) is 0 Å². The van der Waals surface area contributed by atoms with Crippen LogP contribution >= 0.6 is 0 Å². The van der Waals surface area contributed by atoms with E-state index in [0.717, 1.165) is 30.3 Å². The van der Waals surface area contributed by atoms with Gasteiger partial charge < -0.3 is 14.6 Å². The molecule has 0 amide bonds. The number of hydrogen-bond acceptors (Lipinski definition) is 2. The lowest BCUT2D eigenvalue weighted by Gasteiger charge is -2.23. The second-order valence-electron chi connectivity index (χ2n) is 6.48. The number of nitrogens with zero attached hydrogens (tertiary/aromatic N) is 2. The first kappa shape index (κ1) is 17.8. The van der Waals surface area contributed by atoms with Gasteiger partial charge in [0.25, 0.3) is 0 Å². The molecule has 1 aromatic heterocycles. The van der Waals surface area contributed by atoms with Gasteiger partial charge in [0.1, 0.15) is 11.6 Å². The minimum atomic E-state index is -0.614. The van der Waals surface area contributed by atoms with E-state index in [0.29, 0.717) is 24.1 Å². The fourth-order valence-corrected chi connectivity index (χ4v) is 3.50. The van der Waals surface area contributed by atoms with Gasteiger partial charge in [-0.2, -0.15) is 0 Å². The molecule has 2 aromatic carbocycles. The molecule has 25 heavy (non-hydrogen) atoms. The number of likely N-dealkylation sites (N-methyl/N-ethyl adjacent to an activating group) is 1. The molecule has 3 nitrogen and oxygen atoms in total. The molecule has 3 aromatic rings. The van der Waals surface area contributed by atoms with Gasteiger partial charge in [-0.25, -0.2) is 8.78 Å². The van der Waals surface area contributed by atoms with Crippen molar-refractivity contribution in [2.75, 3.05) is 19.6 Å². The van der Waals surface area contributed by atoms with Crippen LogP contribution in [0.1, 0.15) is 20.3 Å². The summed E-state index contributed by atoms with van der Waals surface area (Å²) < 4.78 is 29.4. The van der Waals surface area contributed by atoms with Crippen molar-refractivity contribution >= 4 is 21.8 Å². The van der Waals surface area contributed by atoms with Gasteiger partial charge in [0, 0.05) is 17.3 Å². The molecule has 1 atom stereocenters. The average Bonchev–Trinajstić information content (AvgIpc) is 2.87. The molecule has 134 valence electrons. The lowest BCUT2D eigenvalue weighted by Crippen LogP contribution is -2.35. The summed E-state index contributed by atoms with van der Waals surface area (Å²) in [6, 6.07) is 9.14. The standard InChI is InChI=1S/C20H24F2N2O/c1-3-9-23(4-2)12-16(25)13-24-19-10-14(21)5-7-17(19)18-8-6-15(22)11-20(18)24/h5-8,10-11,16,25H,3-4,9,12-13H2,1-2H3. The number of benzene rings is 2. The summed E-state index contributed by atoms with van der Waals surface area (Å²) in [5.41, 5.74) is 1.36. The number of fused-ring (bicyclic) bond motifs is 3. The summed E-state index contributed by atoms with van der Waals surface area (Å²) >= 11 is 0. The molecule has 0 aliphatic rings. The van der Waals surface area contributed by atoms with Crippen molar-refractivity contribution in [1.29, 1.82) is 0 Å². The van der Waals surface area contributed by atoms with E-state index in [1.54, 1.807) is 12.1 Å². The van der Waals surface area contributed by atoms with Crippen molar-refractivity contribution in [2.24, 2.45) is 0 Å². The van der Waals surface area contributed by atoms with E-state index in [2.05, 4.69) is 18.7 Å². The summed E-state index contributed by atoms with van der Waals surface area (Å²) in [5.74, 6) is -0.680. The van der Waals surface area contributed by atoms with Gasteiger partial charge >= 0.3 is 0 Å².